The number of hydrogen-bond acceptors (Lipinski definition) is 7. The SMILES string of the molecule is C=C(CNC1CCc2c(-c3noc(-c4ccc(OC(C)C)c(N)c4)n3)cccc21)OCC. The summed E-state index contributed by atoms with van der Waals surface area (Å²) in [5.41, 5.74) is 11.0. The van der Waals surface area contributed by atoms with Crippen molar-refractivity contribution in [3.8, 4) is 28.6 Å². The fraction of sp³-hybridized carbons (Fsp3) is 0.360. The van der Waals surface area contributed by atoms with Crippen LogP contribution in [0.15, 0.2) is 53.3 Å². The quantitative estimate of drug-likeness (QED) is 0.365. The first kappa shape index (κ1) is 21.9. The molecular weight excluding hydrogens is 404 g/mol. The largest absolute Gasteiger partial charge is 0.497 e. The van der Waals surface area contributed by atoms with Crippen molar-refractivity contribution < 1.29 is 14.0 Å². The molecule has 2 aromatic carbocycles. The number of fused-ring (bicyclic) bond motifs is 1. The first-order chi connectivity index (χ1) is 15.5. The highest BCUT2D eigenvalue weighted by atomic mass is 16.5. The van der Waals surface area contributed by atoms with Gasteiger partial charge in [-0.1, -0.05) is 29.9 Å². The van der Waals surface area contributed by atoms with Crippen LogP contribution in [0.5, 0.6) is 5.75 Å². The van der Waals surface area contributed by atoms with Gasteiger partial charge in [-0.25, -0.2) is 0 Å². The van der Waals surface area contributed by atoms with E-state index in [0.717, 1.165) is 29.7 Å². The summed E-state index contributed by atoms with van der Waals surface area (Å²) in [5, 5.41) is 7.79. The Balaban J connectivity index is 1.54. The van der Waals surface area contributed by atoms with Gasteiger partial charge < -0.3 is 25.0 Å². The molecule has 0 spiro atoms. The first-order valence-electron chi connectivity index (χ1n) is 11.0. The zero-order valence-electron chi connectivity index (χ0n) is 18.9. The summed E-state index contributed by atoms with van der Waals surface area (Å²) >= 11 is 0. The molecule has 0 fully saturated rings. The number of ether oxygens (including phenoxy) is 2. The van der Waals surface area contributed by atoms with Crippen LogP contribution in [0, 0.1) is 0 Å². The van der Waals surface area contributed by atoms with E-state index in [1.54, 1.807) is 6.07 Å². The van der Waals surface area contributed by atoms with Crippen molar-refractivity contribution >= 4 is 5.69 Å². The summed E-state index contributed by atoms with van der Waals surface area (Å²) < 4.78 is 16.7. The van der Waals surface area contributed by atoms with Gasteiger partial charge in [0.15, 0.2) is 0 Å². The van der Waals surface area contributed by atoms with Crippen LogP contribution in [0.2, 0.25) is 0 Å². The second-order valence-electron chi connectivity index (χ2n) is 8.16. The molecule has 3 aromatic rings. The molecule has 0 aliphatic heterocycles. The summed E-state index contributed by atoms with van der Waals surface area (Å²) in [6.45, 7) is 11.1. The fourth-order valence-electron chi connectivity index (χ4n) is 4.06. The number of nitrogens with zero attached hydrogens (tertiary/aromatic N) is 2. The lowest BCUT2D eigenvalue weighted by atomic mass is 10.0. The van der Waals surface area contributed by atoms with Crippen molar-refractivity contribution in [1.82, 2.24) is 15.5 Å². The van der Waals surface area contributed by atoms with Gasteiger partial charge in [-0.05, 0) is 62.9 Å². The van der Waals surface area contributed by atoms with Crippen molar-refractivity contribution in [3.63, 3.8) is 0 Å². The Labute approximate surface area is 188 Å². The second-order valence-corrected chi connectivity index (χ2v) is 8.16. The third-order valence-corrected chi connectivity index (χ3v) is 5.45. The zero-order chi connectivity index (χ0) is 22.7. The van der Waals surface area contributed by atoms with Crippen LogP contribution in [0.25, 0.3) is 22.8 Å². The molecular formula is C25H30N4O3. The lowest BCUT2D eigenvalue weighted by molar-refractivity contribution is 0.220. The van der Waals surface area contributed by atoms with Gasteiger partial charge in [0, 0.05) is 17.2 Å². The summed E-state index contributed by atoms with van der Waals surface area (Å²) in [5.74, 6) is 2.41. The van der Waals surface area contributed by atoms with Gasteiger partial charge in [0.25, 0.3) is 5.89 Å². The Hall–Kier alpha value is -3.32. The van der Waals surface area contributed by atoms with Crippen LogP contribution in [0.1, 0.15) is 44.4 Å². The predicted octanol–water partition coefficient (Wildman–Crippen LogP) is 4.90. The molecule has 1 heterocycles. The van der Waals surface area contributed by atoms with E-state index in [4.69, 9.17) is 19.7 Å². The molecule has 168 valence electrons. The fourth-order valence-corrected chi connectivity index (χ4v) is 4.06. The van der Waals surface area contributed by atoms with Crippen molar-refractivity contribution in [2.24, 2.45) is 0 Å². The maximum atomic E-state index is 6.15. The van der Waals surface area contributed by atoms with Crippen molar-refractivity contribution in [3.05, 3.63) is 59.9 Å². The molecule has 1 aromatic heterocycles. The molecule has 7 heteroatoms. The third-order valence-electron chi connectivity index (χ3n) is 5.45. The minimum Gasteiger partial charge on any atom is -0.497 e. The summed E-state index contributed by atoms with van der Waals surface area (Å²) in [6.07, 6.45) is 2.00. The van der Waals surface area contributed by atoms with E-state index < -0.39 is 0 Å². The minimum absolute atomic E-state index is 0.0499. The maximum Gasteiger partial charge on any atom is 0.258 e. The summed E-state index contributed by atoms with van der Waals surface area (Å²) in [6, 6.07) is 12.0. The molecule has 0 radical (unpaired) electrons. The number of benzene rings is 2. The van der Waals surface area contributed by atoms with Gasteiger partial charge in [0.05, 0.1) is 24.9 Å². The number of nitrogens with two attached hydrogens (primary N) is 1. The number of nitrogens with one attached hydrogen (secondary N) is 1. The molecule has 0 bridgehead atoms. The van der Waals surface area contributed by atoms with E-state index in [-0.39, 0.29) is 12.1 Å². The van der Waals surface area contributed by atoms with E-state index in [2.05, 4.69) is 28.1 Å². The van der Waals surface area contributed by atoms with Gasteiger partial charge in [-0.2, -0.15) is 4.98 Å². The lowest BCUT2D eigenvalue weighted by Crippen LogP contribution is -2.22. The lowest BCUT2D eigenvalue weighted by Gasteiger charge is -2.15. The maximum absolute atomic E-state index is 6.15. The standard InChI is InChI=1S/C25H30N4O3/c1-5-30-16(4)14-27-22-11-10-18-19(22)7-6-8-20(18)24-28-25(32-29-24)17-9-12-23(21(26)13-17)31-15(2)3/h6-9,12-13,15,22,27H,4-5,10-11,14,26H2,1-3H3. The predicted molar refractivity (Wildman–Crippen MR) is 125 cm³/mol. The van der Waals surface area contributed by atoms with Gasteiger partial charge >= 0.3 is 0 Å². The summed E-state index contributed by atoms with van der Waals surface area (Å²) in [7, 11) is 0. The van der Waals surface area contributed by atoms with Crippen molar-refractivity contribution in [1.29, 1.82) is 0 Å². The minimum atomic E-state index is 0.0499. The molecule has 4 rings (SSSR count). The van der Waals surface area contributed by atoms with Crippen LogP contribution < -0.4 is 15.8 Å². The number of nitrogen functional groups attached to an aromatic ring is 1. The van der Waals surface area contributed by atoms with Gasteiger partial charge in [-0.15, -0.1) is 0 Å². The smallest absolute Gasteiger partial charge is 0.258 e. The van der Waals surface area contributed by atoms with Gasteiger partial charge in [0.1, 0.15) is 11.5 Å². The van der Waals surface area contributed by atoms with Crippen LogP contribution in [-0.4, -0.2) is 29.4 Å². The van der Waals surface area contributed by atoms with Crippen LogP contribution in [0.3, 0.4) is 0 Å². The van der Waals surface area contributed by atoms with E-state index in [1.165, 1.54) is 11.1 Å². The van der Waals surface area contributed by atoms with Gasteiger partial charge in [-0.3, -0.25) is 0 Å². The molecule has 1 aliphatic rings. The van der Waals surface area contributed by atoms with E-state index in [9.17, 15) is 0 Å². The number of aromatic nitrogens is 2. The van der Waals surface area contributed by atoms with E-state index in [0.29, 0.717) is 36.3 Å². The van der Waals surface area contributed by atoms with Crippen LogP contribution >= 0.6 is 0 Å². The van der Waals surface area contributed by atoms with Crippen LogP contribution in [0.4, 0.5) is 5.69 Å². The summed E-state index contributed by atoms with van der Waals surface area (Å²) in [4.78, 5) is 4.65. The molecule has 1 atom stereocenters. The highest BCUT2D eigenvalue weighted by Crippen LogP contribution is 2.37. The van der Waals surface area contributed by atoms with Crippen LogP contribution in [-0.2, 0) is 11.2 Å². The van der Waals surface area contributed by atoms with E-state index in [1.807, 2.05) is 45.0 Å². The Kier molecular flexibility index (Phi) is 6.46. The molecule has 1 unspecified atom stereocenters. The number of rotatable bonds is 9. The normalized spacial score (nSPS) is 15.1. The molecule has 0 saturated carbocycles. The highest BCUT2D eigenvalue weighted by molar-refractivity contribution is 5.69. The molecule has 32 heavy (non-hydrogen) atoms. The molecule has 1 aliphatic carbocycles. The van der Waals surface area contributed by atoms with Crippen molar-refractivity contribution in [2.75, 3.05) is 18.9 Å². The second kappa shape index (κ2) is 9.44. The number of anilines is 1. The molecule has 7 nitrogen and oxygen atoms in total. The Morgan fingerprint density at radius 2 is 2.16 bits per heavy atom. The monoisotopic (exact) mass is 434 g/mol. The molecule has 0 amide bonds. The highest BCUT2D eigenvalue weighted by Gasteiger charge is 2.26. The third kappa shape index (κ3) is 4.62. The van der Waals surface area contributed by atoms with Crippen molar-refractivity contribution in [2.45, 2.75) is 45.8 Å². The number of hydrogen-bond donors (Lipinski definition) is 2. The van der Waals surface area contributed by atoms with E-state index >= 15 is 0 Å². The average molecular weight is 435 g/mol. The average Bonchev–Trinajstić information content (AvgIpc) is 3.41. The van der Waals surface area contributed by atoms with Gasteiger partial charge in [0.2, 0.25) is 5.82 Å². The Morgan fingerprint density at radius 1 is 1.31 bits per heavy atom. The Morgan fingerprint density at radius 3 is 2.91 bits per heavy atom. The zero-order valence-corrected chi connectivity index (χ0v) is 18.9. The molecule has 0 saturated heterocycles. The Bertz CT molecular complexity index is 1110. The molecule has 3 N–H and O–H groups in total. The topological polar surface area (TPSA) is 95.4 Å². The first-order valence-corrected chi connectivity index (χ1v) is 11.0.